The Morgan fingerprint density at radius 2 is 2.32 bits per heavy atom. The topological polar surface area (TPSA) is 64.3 Å². The van der Waals surface area contributed by atoms with Crippen LogP contribution in [0.1, 0.15) is 24.8 Å². The van der Waals surface area contributed by atoms with Crippen LogP contribution in [0.25, 0.3) is 0 Å². The molecule has 4 nitrogen and oxygen atoms in total. The van der Waals surface area contributed by atoms with Crippen LogP contribution in [-0.4, -0.2) is 19.6 Å². The number of hydrogen-bond donors (Lipinski definition) is 2. The highest BCUT2D eigenvalue weighted by atomic mass is 16.5. The lowest BCUT2D eigenvalue weighted by Crippen LogP contribution is -2.34. The van der Waals surface area contributed by atoms with Gasteiger partial charge in [0.25, 0.3) is 0 Å². The third-order valence-electron chi connectivity index (χ3n) is 3.90. The molecule has 0 aliphatic heterocycles. The maximum atomic E-state index is 12.1. The first-order valence-electron chi connectivity index (χ1n) is 6.85. The monoisotopic (exact) mass is 262 g/mol. The summed E-state index contributed by atoms with van der Waals surface area (Å²) in [5.74, 6) is 1.39. The van der Waals surface area contributed by atoms with Crippen LogP contribution < -0.4 is 15.8 Å². The van der Waals surface area contributed by atoms with Gasteiger partial charge in [-0.15, -0.1) is 0 Å². The first-order chi connectivity index (χ1) is 9.24. The zero-order valence-electron chi connectivity index (χ0n) is 11.4. The summed E-state index contributed by atoms with van der Waals surface area (Å²) in [5, 5.41) is 3.01. The molecular formula is C15H22N2O2. The average Bonchev–Trinajstić information content (AvgIpc) is 2.93. The molecule has 1 aliphatic rings. The molecule has 4 heteroatoms. The number of carbonyl (C=O) groups excluding carboxylic acids is 1. The van der Waals surface area contributed by atoms with E-state index in [-0.39, 0.29) is 11.8 Å². The van der Waals surface area contributed by atoms with E-state index in [1.165, 1.54) is 0 Å². The Morgan fingerprint density at radius 1 is 1.47 bits per heavy atom. The van der Waals surface area contributed by atoms with Crippen LogP contribution in [0.15, 0.2) is 24.3 Å². The second-order valence-electron chi connectivity index (χ2n) is 5.10. The maximum Gasteiger partial charge on any atom is 0.223 e. The molecule has 0 bridgehead atoms. The predicted octanol–water partition coefficient (Wildman–Crippen LogP) is 1.69. The lowest BCUT2D eigenvalue weighted by molar-refractivity contribution is -0.126. The van der Waals surface area contributed by atoms with Crippen LogP contribution in [0.3, 0.4) is 0 Å². The van der Waals surface area contributed by atoms with E-state index in [1.807, 2.05) is 24.3 Å². The van der Waals surface area contributed by atoms with Crippen molar-refractivity contribution in [1.29, 1.82) is 0 Å². The van der Waals surface area contributed by atoms with Gasteiger partial charge in [-0.2, -0.15) is 0 Å². The summed E-state index contributed by atoms with van der Waals surface area (Å²) in [5.41, 5.74) is 6.76. The van der Waals surface area contributed by atoms with Gasteiger partial charge in [-0.1, -0.05) is 18.6 Å². The van der Waals surface area contributed by atoms with E-state index < -0.39 is 0 Å². The third-order valence-corrected chi connectivity index (χ3v) is 3.90. The summed E-state index contributed by atoms with van der Waals surface area (Å²) >= 11 is 0. The molecule has 104 valence electrons. The van der Waals surface area contributed by atoms with E-state index in [9.17, 15) is 4.79 Å². The third kappa shape index (κ3) is 3.47. The molecule has 2 rings (SSSR count). The van der Waals surface area contributed by atoms with Crippen molar-refractivity contribution >= 4 is 5.91 Å². The van der Waals surface area contributed by atoms with E-state index in [1.54, 1.807) is 7.11 Å². The second-order valence-corrected chi connectivity index (χ2v) is 5.10. The Balaban J connectivity index is 1.89. The summed E-state index contributed by atoms with van der Waals surface area (Å²) in [6.45, 7) is 1.15. The van der Waals surface area contributed by atoms with Crippen LogP contribution in [0, 0.1) is 11.8 Å². The lowest BCUT2D eigenvalue weighted by atomic mass is 9.95. The van der Waals surface area contributed by atoms with E-state index in [2.05, 4.69) is 5.32 Å². The average molecular weight is 262 g/mol. The molecule has 0 heterocycles. The minimum Gasteiger partial charge on any atom is -0.497 e. The standard InChI is InChI=1S/C15H22N2O2/c1-19-13-6-2-4-11(8-13)10-17-15(18)14-7-3-5-12(14)9-16/h2,4,6,8,12,14H,3,5,7,9-10,16H2,1H3,(H,17,18)/t12-,14-/m1/s1. The molecule has 1 aliphatic carbocycles. The Bertz CT molecular complexity index is 434. The van der Waals surface area contributed by atoms with Crippen molar-refractivity contribution in [2.24, 2.45) is 17.6 Å². The summed E-state index contributed by atoms with van der Waals surface area (Å²) in [6, 6.07) is 7.75. The van der Waals surface area contributed by atoms with Crippen LogP contribution in [0.2, 0.25) is 0 Å². The fourth-order valence-corrected chi connectivity index (χ4v) is 2.77. The first-order valence-corrected chi connectivity index (χ1v) is 6.85. The SMILES string of the molecule is COc1cccc(CNC(=O)[C@@H]2CCC[C@@H]2CN)c1. The van der Waals surface area contributed by atoms with Gasteiger partial charge in [-0.05, 0) is 43.0 Å². The number of rotatable bonds is 5. The van der Waals surface area contributed by atoms with Crippen molar-refractivity contribution in [2.45, 2.75) is 25.8 Å². The van der Waals surface area contributed by atoms with E-state index >= 15 is 0 Å². The smallest absolute Gasteiger partial charge is 0.223 e. The zero-order valence-corrected chi connectivity index (χ0v) is 11.4. The van der Waals surface area contributed by atoms with Crippen LogP contribution in [-0.2, 0) is 11.3 Å². The van der Waals surface area contributed by atoms with Crippen LogP contribution in [0.5, 0.6) is 5.75 Å². The van der Waals surface area contributed by atoms with E-state index in [0.29, 0.717) is 19.0 Å². The largest absolute Gasteiger partial charge is 0.497 e. The highest BCUT2D eigenvalue weighted by Gasteiger charge is 2.31. The fraction of sp³-hybridized carbons (Fsp3) is 0.533. The zero-order chi connectivity index (χ0) is 13.7. The number of nitrogens with one attached hydrogen (secondary N) is 1. The van der Waals surface area contributed by atoms with Crippen LogP contribution in [0.4, 0.5) is 0 Å². The lowest BCUT2D eigenvalue weighted by Gasteiger charge is -2.17. The number of hydrogen-bond acceptors (Lipinski definition) is 3. The molecule has 1 amide bonds. The van der Waals surface area contributed by atoms with Gasteiger partial charge in [0.05, 0.1) is 7.11 Å². The highest BCUT2D eigenvalue weighted by molar-refractivity contribution is 5.79. The van der Waals surface area contributed by atoms with Crippen LogP contribution >= 0.6 is 0 Å². The van der Waals surface area contributed by atoms with Gasteiger partial charge in [0, 0.05) is 12.5 Å². The Morgan fingerprint density at radius 3 is 3.05 bits per heavy atom. The number of methoxy groups -OCH3 is 1. The molecule has 0 unspecified atom stereocenters. The molecule has 1 aromatic carbocycles. The van der Waals surface area contributed by atoms with Gasteiger partial charge in [0.2, 0.25) is 5.91 Å². The van der Waals surface area contributed by atoms with Gasteiger partial charge >= 0.3 is 0 Å². The molecular weight excluding hydrogens is 240 g/mol. The van der Waals surface area contributed by atoms with Gasteiger partial charge in [0.15, 0.2) is 0 Å². The quantitative estimate of drug-likeness (QED) is 0.848. The Labute approximate surface area is 114 Å². The Hall–Kier alpha value is -1.55. The molecule has 3 N–H and O–H groups in total. The van der Waals surface area contributed by atoms with Gasteiger partial charge < -0.3 is 15.8 Å². The minimum absolute atomic E-state index is 0.0932. The highest BCUT2D eigenvalue weighted by Crippen LogP contribution is 2.31. The maximum absolute atomic E-state index is 12.1. The van der Waals surface area contributed by atoms with Gasteiger partial charge in [-0.25, -0.2) is 0 Å². The summed E-state index contributed by atoms with van der Waals surface area (Å²) in [6.07, 6.45) is 3.15. The van der Waals surface area contributed by atoms with Crippen molar-refractivity contribution in [3.05, 3.63) is 29.8 Å². The van der Waals surface area contributed by atoms with Crippen molar-refractivity contribution in [3.63, 3.8) is 0 Å². The van der Waals surface area contributed by atoms with Crippen molar-refractivity contribution in [2.75, 3.05) is 13.7 Å². The van der Waals surface area contributed by atoms with E-state index in [0.717, 1.165) is 30.6 Å². The molecule has 0 saturated heterocycles. The molecule has 1 aromatic rings. The number of carbonyl (C=O) groups is 1. The molecule has 19 heavy (non-hydrogen) atoms. The summed E-state index contributed by atoms with van der Waals surface area (Å²) < 4.78 is 5.17. The molecule has 1 fully saturated rings. The Kier molecular flexibility index (Phi) is 4.80. The summed E-state index contributed by atoms with van der Waals surface area (Å²) in [4.78, 5) is 12.1. The van der Waals surface area contributed by atoms with Crippen molar-refractivity contribution in [1.82, 2.24) is 5.32 Å². The molecule has 0 aromatic heterocycles. The number of amides is 1. The van der Waals surface area contributed by atoms with Crippen molar-refractivity contribution < 1.29 is 9.53 Å². The van der Waals surface area contributed by atoms with Crippen molar-refractivity contribution in [3.8, 4) is 5.75 Å². The minimum atomic E-state index is 0.0932. The van der Waals surface area contributed by atoms with Gasteiger partial charge in [0.1, 0.15) is 5.75 Å². The predicted molar refractivity (Wildman–Crippen MR) is 74.7 cm³/mol. The summed E-state index contributed by atoms with van der Waals surface area (Å²) in [7, 11) is 1.64. The number of benzene rings is 1. The molecule has 2 atom stereocenters. The second kappa shape index (κ2) is 6.57. The first kappa shape index (κ1) is 13.9. The fourth-order valence-electron chi connectivity index (χ4n) is 2.77. The van der Waals surface area contributed by atoms with Gasteiger partial charge in [-0.3, -0.25) is 4.79 Å². The molecule has 0 radical (unpaired) electrons. The normalized spacial score (nSPS) is 22.2. The van der Waals surface area contributed by atoms with E-state index in [4.69, 9.17) is 10.5 Å². The molecule has 1 saturated carbocycles. The number of nitrogens with two attached hydrogens (primary N) is 1. The number of ether oxygens (including phenoxy) is 1. The molecule has 0 spiro atoms.